The normalized spacial score (nSPS) is 14.0. The molecule has 1 radical (unpaired) electrons. The Morgan fingerprint density at radius 1 is 1.22 bits per heavy atom. The second-order valence-corrected chi connectivity index (χ2v) is 4.32. The molecular formula is C4H5Cl4O. The van der Waals surface area contributed by atoms with Gasteiger partial charge in [-0.3, -0.25) is 0 Å². The van der Waals surface area contributed by atoms with Crippen LogP contribution in [0.3, 0.4) is 0 Å². The molecule has 0 aromatic carbocycles. The fourth-order valence-electron chi connectivity index (χ4n) is 0.206. The van der Waals surface area contributed by atoms with Crippen LogP contribution in [0.4, 0.5) is 0 Å². The molecule has 0 rings (SSSR count). The minimum Gasteiger partial charge on any atom is -0.190 e. The first-order valence-corrected chi connectivity index (χ1v) is 3.78. The van der Waals surface area contributed by atoms with Crippen LogP contribution < -0.4 is 0 Å². The predicted molar refractivity (Wildman–Crippen MR) is 39.9 cm³/mol. The van der Waals surface area contributed by atoms with Crippen molar-refractivity contribution >= 4 is 46.4 Å². The number of hydrogen-bond acceptors (Lipinski definition) is 0. The summed E-state index contributed by atoms with van der Waals surface area (Å²) in [5.41, 5.74) is 0. The zero-order valence-electron chi connectivity index (χ0n) is 4.63. The molecule has 0 aliphatic carbocycles. The number of rotatable bonds is 2. The fourth-order valence-corrected chi connectivity index (χ4v) is 0.473. The third-order valence-corrected chi connectivity index (χ3v) is 2.97. The molecule has 0 aliphatic heterocycles. The Hall–Kier alpha value is 1.12. The quantitative estimate of drug-likeness (QED) is 0.625. The fraction of sp³-hybridized carbons (Fsp3) is 1.00. The Labute approximate surface area is 73.8 Å². The van der Waals surface area contributed by atoms with Gasteiger partial charge in [-0.25, -0.2) is 0 Å². The van der Waals surface area contributed by atoms with Gasteiger partial charge in [0.05, 0.1) is 0 Å². The highest BCUT2D eigenvalue weighted by atomic mass is 35.5. The molecule has 0 atom stereocenters. The Morgan fingerprint density at radius 2 is 1.56 bits per heavy atom. The van der Waals surface area contributed by atoms with Gasteiger partial charge in [0, 0.05) is 0 Å². The molecular weight excluding hydrogens is 206 g/mol. The van der Waals surface area contributed by atoms with Gasteiger partial charge in [-0.05, 0) is 6.42 Å². The summed E-state index contributed by atoms with van der Waals surface area (Å²) in [5, 5.41) is 10.6. The summed E-state index contributed by atoms with van der Waals surface area (Å²) in [6.07, 6.45) is 0.215. The maximum atomic E-state index is 10.6. The van der Waals surface area contributed by atoms with Crippen molar-refractivity contribution in [2.45, 2.75) is 22.2 Å². The Kier molecular flexibility index (Phi) is 3.39. The topological polar surface area (TPSA) is 19.9 Å². The van der Waals surface area contributed by atoms with E-state index in [4.69, 9.17) is 46.4 Å². The van der Waals surface area contributed by atoms with Crippen LogP contribution in [0.1, 0.15) is 13.3 Å². The summed E-state index contributed by atoms with van der Waals surface area (Å²) in [7, 11) is 0. The molecule has 1 nitrogen and oxygen atoms in total. The average molecular weight is 211 g/mol. The summed E-state index contributed by atoms with van der Waals surface area (Å²) in [6.45, 7) is 1.62. The zero-order valence-corrected chi connectivity index (χ0v) is 7.65. The van der Waals surface area contributed by atoms with Crippen LogP contribution in [0, 0.1) is 0 Å². The summed E-state index contributed by atoms with van der Waals surface area (Å²) >= 11 is 20.9. The SMILES string of the molecule is CCC(Cl)(Cl)C([O])(Cl)Cl. The first-order chi connectivity index (χ1) is 3.81. The van der Waals surface area contributed by atoms with Crippen molar-refractivity contribution in [2.24, 2.45) is 0 Å². The minimum absolute atomic E-state index is 0.215. The van der Waals surface area contributed by atoms with Crippen LogP contribution in [0.2, 0.25) is 0 Å². The van der Waals surface area contributed by atoms with E-state index in [1.807, 2.05) is 0 Å². The molecule has 0 unspecified atom stereocenters. The molecule has 0 bridgehead atoms. The number of alkyl halides is 4. The van der Waals surface area contributed by atoms with Crippen molar-refractivity contribution in [1.29, 1.82) is 0 Å². The van der Waals surface area contributed by atoms with Crippen molar-refractivity contribution < 1.29 is 5.11 Å². The third kappa shape index (κ3) is 2.69. The largest absolute Gasteiger partial charge is 0.282 e. The van der Waals surface area contributed by atoms with Crippen molar-refractivity contribution in [3.63, 3.8) is 0 Å². The van der Waals surface area contributed by atoms with Gasteiger partial charge in [-0.15, -0.1) is 0 Å². The molecule has 0 N–H and O–H groups in total. The molecule has 0 saturated heterocycles. The Morgan fingerprint density at radius 3 is 1.56 bits per heavy atom. The molecule has 55 valence electrons. The van der Waals surface area contributed by atoms with E-state index in [1.165, 1.54) is 0 Å². The van der Waals surface area contributed by atoms with Gasteiger partial charge < -0.3 is 0 Å². The standard InChI is InChI=1S/C4H5Cl4O/c1-2-3(5,6)4(7,8)9/h2H2,1H3. The lowest BCUT2D eigenvalue weighted by Crippen LogP contribution is -2.33. The van der Waals surface area contributed by atoms with Crippen molar-refractivity contribution in [1.82, 2.24) is 0 Å². The van der Waals surface area contributed by atoms with Crippen LogP contribution in [0.15, 0.2) is 0 Å². The predicted octanol–water partition coefficient (Wildman–Crippen LogP) is 3.13. The van der Waals surface area contributed by atoms with Gasteiger partial charge in [0.15, 0.2) is 4.33 Å². The highest BCUT2D eigenvalue weighted by Crippen LogP contribution is 2.43. The second-order valence-electron chi connectivity index (χ2n) is 1.57. The van der Waals surface area contributed by atoms with Gasteiger partial charge in [0.25, 0.3) is 4.52 Å². The zero-order chi connectivity index (χ0) is 7.71. The van der Waals surface area contributed by atoms with E-state index in [0.29, 0.717) is 0 Å². The lowest BCUT2D eigenvalue weighted by molar-refractivity contribution is 0.104. The molecule has 0 spiro atoms. The molecule has 0 amide bonds. The molecule has 0 heterocycles. The summed E-state index contributed by atoms with van der Waals surface area (Å²) in [4.78, 5) is 0. The summed E-state index contributed by atoms with van der Waals surface area (Å²) in [6, 6.07) is 0. The summed E-state index contributed by atoms with van der Waals surface area (Å²) < 4.78 is -3.93. The van der Waals surface area contributed by atoms with Crippen molar-refractivity contribution in [2.75, 3.05) is 0 Å². The lowest BCUT2D eigenvalue weighted by Gasteiger charge is -2.23. The molecule has 0 aromatic heterocycles. The van der Waals surface area contributed by atoms with Crippen LogP contribution in [-0.4, -0.2) is 8.85 Å². The number of hydrogen-bond donors (Lipinski definition) is 0. The third-order valence-electron chi connectivity index (χ3n) is 0.870. The van der Waals surface area contributed by atoms with E-state index in [0.717, 1.165) is 0 Å². The van der Waals surface area contributed by atoms with Gasteiger partial charge in [0.2, 0.25) is 0 Å². The second kappa shape index (κ2) is 3.02. The lowest BCUT2D eigenvalue weighted by atomic mass is 10.3. The molecule has 0 aliphatic rings. The molecule has 0 aromatic rings. The van der Waals surface area contributed by atoms with Crippen molar-refractivity contribution in [3.8, 4) is 0 Å². The van der Waals surface area contributed by atoms with Gasteiger partial charge in [0.1, 0.15) is 0 Å². The van der Waals surface area contributed by atoms with Crippen molar-refractivity contribution in [3.05, 3.63) is 0 Å². The molecule has 0 saturated carbocycles. The van der Waals surface area contributed by atoms with Gasteiger partial charge in [-0.1, -0.05) is 53.3 Å². The van der Waals surface area contributed by atoms with E-state index < -0.39 is 8.85 Å². The Bertz CT molecular complexity index is 95.2. The molecule has 9 heavy (non-hydrogen) atoms. The highest BCUT2D eigenvalue weighted by Gasteiger charge is 2.45. The van der Waals surface area contributed by atoms with E-state index >= 15 is 0 Å². The van der Waals surface area contributed by atoms with Crippen LogP contribution in [0.25, 0.3) is 0 Å². The maximum Gasteiger partial charge on any atom is 0.282 e. The average Bonchev–Trinajstić information content (AvgIpc) is 1.64. The van der Waals surface area contributed by atoms with Gasteiger partial charge in [-0.2, -0.15) is 5.11 Å². The smallest absolute Gasteiger partial charge is 0.190 e. The maximum absolute atomic E-state index is 10.6. The summed E-state index contributed by atoms with van der Waals surface area (Å²) in [5.74, 6) is 0. The van der Waals surface area contributed by atoms with E-state index in [2.05, 4.69) is 0 Å². The monoisotopic (exact) mass is 209 g/mol. The van der Waals surface area contributed by atoms with Crippen LogP contribution in [0.5, 0.6) is 0 Å². The van der Waals surface area contributed by atoms with E-state index in [-0.39, 0.29) is 6.42 Å². The number of halogens is 4. The molecule has 0 fully saturated rings. The van der Waals surface area contributed by atoms with E-state index in [9.17, 15) is 5.11 Å². The minimum atomic E-state index is -2.33. The Balaban J connectivity index is 4.14. The first kappa shape index (κ1) is 10.1. The highest BCUT2D eigenvalue weighted by molar-refractivity contribution is 6.61. The first-order valence-electron chi connectivity index (χ1n) is 2.27. The van der Waals surface area contributed by atoms with Gasteiger partial charge >= 0.3 is 0 Å². The molecule has 5 heteroatoms. The van der Waals surface area contributed by atoms with E-state index in [1.54, 1.807) is 6.92 Å². The van der Waals surface area contributed by atoms with Crippen LogP contribution >= 0.6 is 46.4 Å². The van der Waals surface area contributed by atoms with Crippen LogP contribution in [-0.2, 0) is 5.11 Å².